The standard InChI is InChI=1S/C16H20FN3/c1-12-9-19-6-2-3-16(19)11-20(12)10-14-7-15(17)5-4-13(14)8-18/h4-5,7,12,16H,2-3,6,9-11H2,1H3. The summed E-state index contributed by atoms with van der Waals surface area (Å²) in [5.41, 5.74) is 1.40. The molecule has 1 aromatic carbocycles. The van der Waals surface area contributed by atoms with Crippen molar-refractivity contribution in [3.8, 4) is 6.07 Å². The fourth-order valence-electron chi connectivity index (χ4n) is 3.49. The van der Waals surface area contributed by atoms with Crippen molar-refractivity contribution < 1.29 is 4.39 Å². The lowest BCUT2D eigenvalue weighted by Crippen LogP contribution is -2.54. The van der Waals surface area contributed by atoms with Crippen LogP contribution in [-0.2, 0) is 6.54 Å². The number of hydrogen-bond donors (Lipinski definition) is 0. The highest BCUT2D eigenvalue weighted by Gasteiger charge is 2.34. The first-order valence-electron chi connectivity index (χ1n) is 7.34. The van der Waals surface area contributed by atoms with Gasteiger partial charge in [0, 0.05) is 31.7 Å². The molecule has 20 heavy (non-hydrogen) atoms. The van der Waals surface area contributed by atoms with Gasteiger partial charge in [0.25, 0.3) is 0 Å². The van der Waals surface area contributed by atoms with Gasteiger partial charge < -0.3 is 0 Å². The Kier molecular flexibility index (Phi) is 3.73. The summed E-state index contributed by atoms with van der Waals surface area (Å²) in [4.78, 5) is 4.96. The Morgan fingerprint density at radius 3 is 3.05 bits per heavy atom. The molecule has 2 saturated heterocycles. The molecule has 0 aliphatic carbocycles. The zero-order valence-electron chi connectivity index (χ0n) is 11.8. The number of nitrogens with zero attached hydrogens (tertiary/aromatic N) is 3. The van der Waals surface area contributed by atoms with Crippen LogP contribution in [0.3, 0.4) is 0 Å². The summed E-state index contributed by atoms with van der Waals surface area (Å²) in [5, 5.41) is 9.16. The van der Waals surface area contributed by atoms with E-state index in [-0.39, 0.29) is 5.82 Å². The van der Waals surface area contributed by atoms with E-state index in [4.69, 9.17) is 5.26 Å². The first kappa shape index (κ1) is 13.5. The van der Waals surface area contributed by atoms with Crippen LogP contribution in [-0.4, -0.2) is 41.5 Å². The highest BCUT2D eigenvalue weighted by molar-refractivity contribution is 5.37. The first-order chi connectivity index (χ1) is 9.67. The monoisotopic (exact) mass is 273 g/mol. The molecule has 3 rings (SSSR count). The molecule has 0 N–H and O–H groups in total. The minimum absolute atomic E-state index is 0.258. The van der Waals surface area contributed by atoms with Crippen molar-refractivity contribution in [3.63, 3.8) is 0 Å². The molecule has 0 aromatic heterocycles. The van der Waals surface area contributed by atoms with Gasteiger partial charge in [-0.2, -0.15) is 5.26 Å². The lowest BCUT2D eigenvalue weighted by molar-refractivity contribution is 0.0539. The van der Waals surface area contributed by atoms with E-state index in [0.29, 0.717) is 24.2 Å². The van der Waals surface area contributed by atoms with Crippen LogP contribution in [0.25, 0.3) is 0 Å². The maximum absolute atomic E-state index is 13.4. The van der Waals surface area contributed by atoms with E-state index >= 15 is 0 Å². The average molecular weight is 273 g/mol. The number of fused-ring (bicyclic) bond motifs is 1. The van der Waals surface area contributed by atoms with Crippen LogP contribution in [0.2, 0.25) is 0 Å². The lowest BCUT2D eigenvalue weighted by atomic mass is 10.0. The van der Waals surface area contributed by atoms with Crippen LogP contribution < -0.4 is 0 Å². The van der Waals surface area contributed by atoms with E-state index in [1.54, 1.807) is 6.07 Å². The maximum Gasteiger partial charge on any atom is 0.123 e. The van der Waals surface area contributed by atoms with Gasteiger partial charge in [0.2, 0.25) is 0 Å². The molecule has 1 aromatic rings. The number of piperazine rings is 1. The Morgan fingerprint density at radius 1 is 1.40 bits per heavy atom. The summed E-state index contributed by atoms with van der Waals surface area (Å²) in [6.07, 6.45) is 2.55. The molecule has 2 heterocycles. The molecule has 2 aliphatic heterocycles. The van der Waals surface area contributed by atoms with Gasteiger partial charge >= 0.3 is 0 Å². The van der Waals surface area contributed by atoms with Gasteiger partial charge in [-0.1, -0.05) is 0 Å². The number of benzene rings is 1. The van der Waals surface area contributed by atoms with Gasteiger partial charge in [-0.05, 0) is 50.1 Å². The van der Waals surface area contributed by atoms with Crippen LogP contribution in [0, 0.1) is 17.1 Å². The molecule has 3 nitrogen and oxygen atoms in total. The molecule has 2 unspecified atom stereocenters. The van der Waals surface area contributed by atoms with Gasteiger partial charge in [0.15, 0.2) is 0 Å². The molecule has 106 valence electrons. The van der Waals surface area contributed by atoms with Gasteiger partial charge in [-0.3, -0.25) is 9.80 Å². The van der Waals surface area contributed by atoms with Crippen molar-refractivity contribution in [1.29, 1.82) is 5.26 Å². The Bertz CT molecular complexity index is 537. The quantitative estimate of drug-likeness (QED) is 0.828. The van der Waals surface area contributed by atoms with Crippen molar-refractivity contribution in [3.05, 3.63) is 35.1 Å². The third-order valence-electron chi connectivity index (χ3n) is 4.63. The minimum Gasteiger partial charge on any atom is -0.298 e. The predicted molar refractivity (Wildman–Crippen MR) is 75.6 cm³/mol. The Hall–Kier alpha value is -1.44. The van der Waals surface area contributed by atoms with Gasteiger partial charge in [0.1, 0.15) is 5.82 Å². The molecule has 2 fully saturated rings. The highest BCUT2D eigenvalue weighted by atomic mass is 19.1. The van der Waals surface area contributed by atoms with Crippen molar-refractivity contribution >= 4 is 0 Å². The number of rotatable bonds is 2. The predicted octanol–water partition coefficient (Wildman–Crippen LogP) is 2.37. The van der Waals surface area contributed by atoms with Crippen molar-refractivity contribution in [1.82, 2.24) is 9.80 Å². The lowest BCUT2D eigenvalue weighted by Gasteiger charge is -2.42. The van der Waals surface area contributed by atoms with E-state index in [9.17, 15) is 4.39 Å². The zero-order chi connectivity index (χ0) is 14.1. The topological polar surface area (TPSA) is 30.3 Å². The normalized spacial score (nSPS) is 27.2. The van der Waals surface area contributed by atoms with E-state index in [2.05, 4.69) is 22.8 Å². The molecule has 0 bridgehead atoms. The fourth-order valence-corrected chi connectivity index (χ4v) is 3.49. The zero-order valence-corrected chi connectivity index (χ0v) is 11.8. The highest BCUT2D eigenvalue weighted by Crippen LogP contribution is 2.26. The number of hydrogen-bond acceptors (Lipinski definition) is 3. The van der Waals surface area contributed by atoms with Crippen LogP contribution >= 0.6 is 0 Å². The Labute approximate surface area is 119 Å². The summed E-state index contributed by atoms with van der Waals surface area (Å²) < 4.78 is 13.4. The van der Waals surface area contributed by atoms with Crippen LogP contribution in [0.4, 0.5) is 4.39 Å². The van der Waals surface area contributed by atoms with E-state index in [1.165, 1.54) is 31.5 Å². The molecule has 0 saturated carbocycles. The summed E-state index contributed by atoms with van der Waals surface area (Å²) in [6.45, 7) is 6.22. The summed E-state index contributed by atoms with van der Waals surface area (Å²) in [5.74, 6) is -0.258. The summed E-state index contributed by atoms with van der Waals surface area (Å²) in [7, 11) is 0. The molecule has 4 heteroatoms. The SMILES string of the molecule is CC1CN2CCCC2CN1Cc1cc(F)ccc1C#N. The largest absolute Gasteiger partial charge is 0.298 e. The fraction of sp³-hybridized carbons (Fsp3) is 0.562. The van der Waals surface area contributed by atoms with Crippen LogP contribution in [0.1, 0.15) is 30.9 Å². The van der Waals surface area contributed by atoms with Gasteiger partial charge in [-0.25, -0.2) is 4.39 Å². The van der Waals surface area contributed by atoms with Gasteiger partial charge in [0.05, 0.1) is 11.6 Å². The summed E-state index contributed by atoms with van der Waals surface area (Å²) in [6, 6.07) is 7.72. The molecule has 0 amide bonds. The third kappa shape index (κ3) is 2.56. The van der Waals surface area contributed by atoms with E-state index < -0.39 is 0 Å². The van der Waals surface area contributed by atoms with Crippen LogP contribution in [0.15, 0.2) is 18.2 Å². The van der Waals surface area contributed by atoms with Crippen molar-refractivity contribution in [2.45, 2.75) is 38.4 Å². The molecule has 2 aliphatic rings. The number of nitriles is 1. The number of halogens is 1. The van der Waals surface area contributed by atoms with Crippen molar-refractivity contribution in [2.75, 3.05) is 19.6 Å². The molecule has 0 radical (unpaired) electrons. The van der Waals surface area contributed by atoms with E-state index in [1.807, 2.05) is 0 Å². The van der Waals surface area contributed by atoms with E-state index in [0.717, 1.165) is 18.7 Å². The second-order valence-corrected chi connectivity index (χ2v) is 5.98. The molecular formula is C16H20FN3. The second-order valence-electron chi connectivity index (χ2n) is 5.98. The molecule has 2 atom stereocenters. The minimum atomic E-state index is -0.258. The first-order valence-corrected chi connectivity index (χ1v) is 7.34. The van der Waals surface area contributed by atoms with Crippen LogP contribution in [0.5, 0.6) is 0 Å². The van der Waals surface area contributed by atoms with Gasteiger partial charge in [-0.15, -0.1) is 0 Å². The molecule has 0 spiro atoms. The van der Waals surface area contributed by atoms with Crippen molar-refractivity contribution in [2.24, 2.45) is 0 Å². The second kappa shape index (κ2) is 5.51. The Balaban J connectivity index is 1.77. The average Bonchev–Trinajstić information content (AvgIpc) is 2.86. The maximum atomic E-state index is 13.4. The Morgan fingerprint density at radius 2 is 2.25 bits per heavy atom. The third-order valence-corrected chi connectivity index (χ3v) is 4.63. The molecular weight excluding hydrogens is 253 g/mol. The smallest absolute Gasteiger partial charge is 0.123 e. The summed E-state index contributed by atoms with van der Waals surface area (Å²) >= 11 is 0.